The zero-order chi connectivity index (χ0) is 44.5. The summed E-state index contributed by atoms with van der Waals surface area (Å²) in [6, 6.07) is 25.3. The van der Waals surface area contributed by atoms with Crippen LogP contribution in [0.3, 0.4) is 0 Å². The van der Waals surface area contributed by atoms with Gasteiger partial charge in [-0.1, -0.05) is 96.7 Å². The summed E-state index contributed by atoms with van der Waals surface area (Å²) in [5, 5.41) is 37.3. The van der Waals surface area contributed by atoms with Crippen LogP contribution in [0.5, 0.6) is 0 Å². The van der Waals surface area contributed by atoms with Crippen LogP contribution in [0.4, 0.5) is 14.7 Å². The van der Waals surface area contributed by atoms with E-state index in [2.05, 4.69) is 42.1 Å². The lowest BCUT2D eigenvalue weighted by atomic mass is 9.99. The van der Waals surface area contributed by atoms with Crippen molar-refractivity contribution in [3.63, 3.8) is 0 Å². The van der Waals surface area contributed by atoms with Crippen LogP contribution in [0.2, 0.25) is 0 Å². The highest BCUT2D eigenvalue weighted by Crippen LogP contribution is 2.32. The number of likely N-dealkylation sites (tertiary alicyclic amines) is 2. The van der Waals surface area contributed by atoms with Crippen LogP contribution in [0.25, 0.3) is 21.1 Å². The van der Waals surface area contributed by atoms with Crippen molar-refractivity contribution in [2.45, 2.75) is 39.8 Å². The van der Waals surface area contributed by atoms with Crippen LogP contribution >= 0.6 is 22.7 Å². The lowest BCUT2D eigenvalue weighted by Crippen LogP contribution is -2.49. The van der Waals surface area contributed by atoms with Crippen molar-refractivity contribution < 1.29 is 33.8 Å². The number of halogens is 1. The molecule has 0 unspecified atom stereocenters. The molecule has 326 valence electrons. The molecule has 2 amide bonds. The Morgan fingerprint density at radius 3 is 1.67 bits per heavy atom. The number of aromatic nitrogens is 5. The SMILES string of the molecule is CCCCN(C(=O)c1cccnc1)c1nnc(-c2ccc(CN3CC(C(=O)O)C3)cc2)s1.CCN(C(=O)c1ccccc1F)c1nnc(-c2ccc(CN3CC(C(=O)O)C3)cc2)s1. The third-order valence-electron chi connectivity index (χ3n) is 10.7. The number of anilines is 2. The summed E-state index contributed by atoms with van der Waals surface area (Å²) >= 11 is 2.66. The van der Waals surface area contributed by atoms with Crippen LogP contribution in [-0.2, 0) is 22.7 Å². The topological polar surface area (TPSA) is 186 Å². The third kappa shape index (κ3) is 11.0. The first-order chi connectivity index (χ1) is 30.5. The number of amides is 2. The molecule has 3 aromatic carbocycles. The van der Waals surface area contributed by atoms with Crippen LogP contribution in [0, 0.1) is 17.7 Å². The number of pyridine rings is 1. The Bertz CT molecular complexity index is 2510. The van der Waals surface area contributed by atoms with Crippen molar-refractivity contribution in [1.82, 2.24) is 35.2 Å². The van der Waals surface area contributed by atoms with Crippen molar-refractivity contribution in [2.75, 3.05) is 49.1 Å². The standard InChI is InChI=1S/C23H25N5O3S.C22H21FN4O3S/c1-2-3-11-28(21(29)18-5-4-10-24-12-18)23-26-25-20(32-23)17-8-6-16(7-9-17)13-27-14-19(15-27)22(30)31;1-2-27(20(28)17-5-3-4-6-18(17)23)22-25-24-19(31-22)15-9-7-14(8-10-15)11-26-12-16(13-26)21(29)30/h4-10,12,19H,2-3,11,13-15H2,1H3,(H,30,31);3-10,16H,2,11-13H2,1H3,(H,29,30). The number of carbonyl (C=O) groups excluding carboxylic acids is 2. The molecular formula is C45H46FN9O6S2. The largest absolute Gasteiger partial charge is 0.481 e. The van der Waals surface area contributed by atoms with E-state index in [-0.39, 0.29) is 23.3 Å². The van der Waals surface area contributed by atoms with Crippen molar-refractivity contribution in [3.8, 4) is 21.1 Å². The first-order valence-corrected chi connectivity index (χ1v) is 22.2. The Balaban J connectivity index is 0.000000189. The molecule has 8 rings (SSSR count). The number of unbranched alkanes of at least 4 members (excludes halogenated alkanes) is 1. The normalized spacial score (nSPS) is 14.2. The third-order valence-corrected chi connectivity index (χ3v) is 12.7. The van der Waals surface area contributed by atoms with Crippen molar-refractivity contribution in [3.05, 3.63) is 125 Å². The molecule has 15 nitrogen and oxygen atoms in total. The molecule has 0 spiro atoms. The molecule has 2 aliphatic heterocycles. The molecular weight excluding hydrogens is 846 g/mol. The fraction of sp³-hybridized carbons (Fsp3) is 0.311. The predicted octanol–water partition coefficient (Wildman–Crippen LogP) is 7.09. The van der Waals surface area contributed by atoms with Gasteiger partial charge in [-0.15, -0.1) is 20.4 Å². The summed E-state index contributed by atoms with van der Waals surface area (Å²) in [6.07, 6.45) is 5.05. The van der Waals surface area contributed by atoms with E-state index in [0.717, 1.165) is 46.6 Å². The molecule has 0 atom stereocenters. The average Bonchev–Trinajstić information content (AvgIpc) is 3.96. The van der Waals surface area contributed by atoms with Crippen LogP contribution in [0.15, 0.2) is 97.3 Å². The number of carboxylic acid groups (broad SMARTS) is 2. The van der Waals surface area contributed by atoms with E-state index in [1.54, 1.807) is 48.5 Å². The maximum absolute atomic E-state index is 14.0. The van der Waals surface area contributed by atoms with Gasteiger partial charge in [0.2, 0.25) is 10.3 Å². The quantitative estimate of drug-likeness (QED) is 0.100. The number of carboxylic acids is 2. The number of aliphatic carboxylic acids is 2. The van der Waals surface area contributed by atoms with E-state index in [4.69, 9.17) is 10.2 Å². The second-order valence-electron chi connectivity index (χ2n) is 15.2. The number of carbonyl (C=O) groups is 4. The van der Waals surface area contributed by atoms with Gasteiger partial charge in [0.25, 0.3) is 11.8 Å². The summed E-state index contributed by atoms with van der Waals surface area (Å²) in [7, 11) is 0. The van der Waals surface area contributed by atoms with Gasteiger partial charge in [-0.3, -0.25) is 43.8 Å². The summed E-state index contributed by atoms with van der Waals surface area (Å²) in [5.41, 5.74) is 4.55. The molecule has 6 aromatic rings. The zero-order valence-electron chi connectivity index (χ0n) is 34.7. The van der Waals surface area contributed by atoms with E-state index < -0.39 is 23.7 Å². The first kappa shape index (κ1) is 44.7. The van der Waals surface area contributed by atoms with Crippen LogP contribution in [0.1, 0.15) is 58.5 Å². The highest BCUT2D eigenvalue weighted by atomic mass is 32.1. The van der Waals surface area contributed by atoms with Gasteiger partial charge in [-0.25, -0.2) is 4.39 Å². The summed E-state index contributed by atoms with van der Waals surface area (Å²) < 4.78 is 14.0. The molecule has 2 fully saturated rings. The second-order valence-corrected chi connectivity index (χ2v) is 17.1. The van der Waals surface area contributed by atoms with Gasteiger partial charge in [0, 0.05) is 75.9 Å². The van der Waals surface area contributed by atoms with Crippen molar-refractivity contribution in [1.29, 1.82) is 0 Å². The van der Waals surface area contributed by atoms with E-state index in [0.29, 0.717) is 66.6 Å². The molecule has 0 aliphatic carbocycles. The summed E-state index contributed by atoms with van der Waals surface area (Å²) in [4.78, 5) is 59.0. The van der Waals surface area contributed by atoms with Gasteiger partial charge >= 0.3 is 11.9 Å². The molecule has 5 heterocycles. The van der Waals surface area contributed by atoms with Gasteiger partial charge < -0.3 is 10.2 Å². The molecule has 2 saturated heterocycles. The zero-order valence-corrected chi connectivity index (χ0v) is 36.3. The minimum Gasteiger partial charge on any atom is -0.481 e. The maximum atomic E-state index is 14.0. The molecule has 0 saturated carbocycles. The second kappa shape index (κ2) is 20.7. The minimum atomic E-state index is -0.742. The monoisotopic (exact) mass is 891 g/mol. The molecule has 0 radical (unpaired) electrons. The van der Waals surface area contributed by atoms with Crippen LogP contribution < -0.4 is 9.80 Å². The van der Waals surface area contributed by atoms with Crippen molar-refractivity contribution in [2.24, 2.45) is 11.8 Å². The maximum Gasteiger partial charge on any atom is 0.309 e. The van der Waals surface area contributed by atoms with Crippen molar-refractivity contribution >= 4 is 56.7 Å². The summed E-state index contributed by atoms with van der Waals surface area (Å²) in [6.45, 7) is 8.56. The molecule has 0 bridgehead atoms. The average molecular weight is 892 g/mol. The van der Waals surface area contributed by atoms with Gasteiger partial charge in [-0.05, 0) is 48.7 Å². The molecule has 3 aromatic heterocycles. The fourth-order valence-corrected chi connectivity index (χ4v) is 8.79. The lowest BCUT2D eigenvalue weighted by Gasteiger charge is -2.36. The van der Waals surface area contributed by atoms with E-state index in [1.165, 1.54) is 39.7 Å². The highest BCUT2D eigenvalue weighted by molar-refractivity contribution is 7.19. The molecule has 18 heteroatoms. The van der Waals surface area contributed by atoms with Gasteiger partial charge in [0.1, 0.15) is 15.8 Å². The number of benzene rings is 3. The predicted molar refractivity (Wildman–Crippen MR) is 238 cm³/mol. The fourth-order valence-electron chi connectivity index (χ4n) is 7.01. The summed E-state index contributed by atoms with van der Waals surface area (Å²) in [5.74, 6) is -3.13. The number of nitrogens with zero attached hydrogens (tertiary/aromatic N) is 9. The number of rotatable bonds is 16. The Morgan fingerprint density at radius 2 is 1.21 bits per heavy atom. The Labute approximate surface area is 371 Å². The van der Waals surface area contributed by atoms with Gasteiger partial charge in [-0.2, -0.15) is 0 Å². The molecule has 63 heavy (non-hydrogen) atoms. The van der Waals surface area contributed by atoms with E-state index in [1.807, 2.05) is 48.5 Å². The van der Waals surface area contributed by atoms with Gasteiger partial charge in [0.05, 0.1) is 23.0 Å². The number of hydrogen-bond donors (Lipinski definition) is 2. The number of hydrogen-bond acceptors (Lipinski definition) is 13. The molecule has 2 N–H and O–H groups in total. The first-order valence-electron chi connectivity index (χ1n) is 20.6. The molecule has 2 aliphatic rings. The van der Waals surface area contributed by atoms with Gasteiger partial charge in [0.15, 0.2) is 0 Å². The minimum absolute atomic E-state index is 0.00147. The Kier molecular flexibility index (Phi) is 14.7. The van der Waals surface area contributed by atoms with E-state index in [9.17, 15) is 23.6 Å². The Morgan fingerprint density at radius 1 is 0.683 bits per heavy atom. The Hall–Kier alpha value is -6.34. The van der Waals surface area contributed by atoms with Crippen LogP contribution in [-0.4, -0.2) is 108 Å². The smallest absolute Gasteiger partial charge is 0.309 e. The lowest BCUT2D eigenvalue weighted by molar-refractivity contribution is -0.148. The highest BCUT2D eigenvalue weighted by Gasteiger charge is 2.33. The van der Waals surface area contributed by atoms with E-state index >= 15 is 0 Å².